The van der Waals surface area contributed by atoms with Crippen molar-refractivity contribution in [2.45, 2.75) is 70.3 Å². The molecule has 1 aliphatic heterocycles. The van der Waals surface area contributed by atoms with Crippen LogP contribution < -0.4 is 0 Å². The zero-order valence-electron chi connectivity index (χ0n) is 16.5. The number of piperidine rings is 1. The minimum atomic E-state index is -0.638. The number of quaternary nitrogens is 1. The molecule has 3 N–H and O–H groups in total. The van der Waals surface area contributed by atoms with Crippen LogP contribution in [0.2, 0.25) is 0 Å². The van der Waals surface area contributed by atoms with Crippen molar-refractivity contribution in [1.82, 2.24) is 0 Å². The third-order valence-corrected chi connectivity index (χ3v) is 10.9. The molecule has 5 nitrogen and oxygen atoms in total. The standard InChI is InChI=1S/C22H33NO4/c1-4-23(27)10-20(3)7-6-15(24)22-14(20)9-13(18(22)23)21-8-5-12(11(2)19(21)26)16(25)17(21)22/h12-19,24-26H,2,4-10H2,1,3H3/t12-,13?,14-,15+,16+,17-,18?,19-,20+,21+,22+,23+/m1/s1. The zero-order chi connectivity index (χ0) is 19.1. The van der Waals surface area contributed by atoms with E-state index in [1.807, 2.05) is 6.92 Å². The summed E-state index contributed by atoms with van der Waals surface area (Å²) < 4.78 is -0.246. The van der Waals surface area contributed by atoms with E-state index in [9.17, 15) is 20.5 Å². The molecule has 150 valence electrons. The Morgan fingerprint density at radius 2 is 1.96 bits per heavy atom. The van der Waals surface area contributed by atoms with Gasteiger partial charge in [-0.25, -0.2) is 0 Å². The van der Waals surface area contributed by atoms with E-state index in [-0.39, 0.29) is 33.9 Å². The Balaban J connectivity index is 1.65. The highest BCUT2D eigenvalue weighted by Crippen LogP contribution is 2.84. The smallest absolute Gasteiger partial charge is 0.101 e. The number of rotatable bonds is 1. The highest BCUT2D eigenvalue weighted by Gasteiger charge is 2.88. The maximum absolute atomic E-state index is 14.3. The molecule has 7 bridgehead atoms. The summed E-state index contributed by atoms with van der Waals surface area (Å²) in [5.41, 5.74) is -0.286. The van der Waals surface area contributed by atoms with Gasteiger partial charge in [-0.2, -0.15) is 0 Å². The van der Waals surface area contributed by atoms with Gasteiger partial charge in [0.15, 0.2) is 0 Å². The molecule has 0 radical (unpaired) electrons. The minimum absolute atomic E-state index is 0.0672. The molecule has 1 heterocycles. The summed E-state index contributed by atoms with van der Waals surface area (Å²) in [6, 6.07) is -0.185. The normalized spacial score (nSPS) is 68.3. The van der Waals surface area contributed by atoms with Gasteiger partial charge in [-0.15, -0.1) is 0 Å². The van der Waals surface area contributed by atoms with Crippen molar-refractivity contribution in [3.05, 3.63) is 17.4 Å². The molecule has 5 heteroatoms. The molecule has 2 spiro atoms. The van der Waals surface area contributed by atoms with Crippen LogP contribution in [0.3, 0.4) is 0 Å². The van der Waals surface area contributed by atoms with Gasteiger partial charge in [-0.05, 0) is 50.5 Å². The quantitative estimate of drug-likeness (QED) is 0.371. The summed E-state index contributed by atoms with van der Waals surface area (Å²) in [7, 11) is 0. The fourth-order valence-corrected chi connectivity index (χ4v) is 10.3. The second-order valence-corrected chi connectivity index (χ2v) is 11.2. The molecule has 1 saturated heterocycles. The predicted octanol–water partition coefficient (Wildman–Crippen LogP) is 1.80. The van der Waals surface area contributed by atoms with Gasteiger partial charge < -0.3 is 25.2 Å². The highest BCUT2D eigenvalue weighted by molar-refractivity contribution is 5.38. The second-order valence-electron chi connectivity index (χ2n) is 11.2. The largest absolute Gasteiger partial charge is 0.633 e. The molecule has 12 atom stereocenters. The molecule has 0 aromatic carbocycles. The van der Waals surface area contributed by atoms with Gasteiger partial charge in [-0.3, -0.25) is 0 Å². The monoisotopic (exact) mass is 375 g/mol. The van der Waals surface area contributed by atoms with E-state index in [1.54, 1.807) is 0 Å². The number of hydrogen-bond acceptors (Lipinski definition) is 4. The topological polar surface area (TPSA) is 83.8 Å². The molecule has 0 amide bonds. The lowest BCUT2D eigenvalue weighted by Crippen LogP contribution is -2.75. The molecular formula is C22H33NO4. The van der Waals surface area contributed by atoms with Crippen molar-refractivity contribution in [3.8, 4) is 0 Å². The van der Waals surface area contributed by atoms with E-state index in [1.165, 1.54) is 0 Å². The lowest BCUT2D eigenvalue weighted by molar-refractivity contribution is -0.927. The van der Waals surface area contributed by atoms with Gasteiger partial charge in [0.25, 0.3) is 0 Å². The molecule has 7 fully saturated rings. The average molecular weight is 376 g/mol. The SMILES string of the molecule is C=C1[C@H]2CC[C@@]3(C4C[C@@H]5[C@@]6(C)CC[C@H](O)[C@]5(C4[N@+]([O-])(CC)C6)[C@@H]3[C@H]2O)[C@@H]1O. The summed E-state index contributed by atoms with van der Waals surface area (Å²) >= 11 is 0. The van der Waals surface area contributed by atoms with Crippen molar-refractivity contribution in [3.63, 3.8) is 0 Å². The molecule has 6 aliphatic carbocycles. The van der Waals surface area contributed by atoms with Crippen LogP contribution in [0.25, 0.3) is 0 Å². The summed E-state index contributed by atoms with van der Waals surface area (Å²) in [4.78, 5) is 0. The Morgan fingerprint density at radius 3 is 2.67 bits per heavy atom. The van der Waals surface area contributed by atoms with Crippen molar-refractivity contribution >= 4 is 0 Å². The first-order valence-electron chi connectivity index (χ1n) is 11.0. The van der Waals surface area contributed by atoms with Crippen molar-refractivity contribution in [1.29, 1.82) is 0 Å². The highest BCUT2D eigenvalue weighted by atomic mass is 16.5. The molecule has 0 aromatic heterocycles. The van der Waals surface area contributed by atoms with Crippen molar-refractivity contribution in [2.24, 2.45) is 39.9 Å². The molecule has 7 aliphatic rings. The molecule has 2 unspecified atom stereocenters. The number of nitrogens with zero attached hydrogens (tertiary/aromatic N) is 1. The van der Waals surface area contributed by atoms with E-state index in [0.717, 1.165) is 37.7 Å². The number of hydroxylamine groups is 3. The minimum Gasteiger partial charge on any atom is -0.633 e. The van der Waals surface area contributed by atoms with Crippen LogP contribution in [0, 0.1) is 45.1 Å². The summed E-state index contributed by atoms with van der Waals surface area (Å²) in [6.45, 7) is 9.55. The predicted molar refractivity (Wildman–Crippen MR) is 100 cm³/mol. The summed E-state index contributed by atoms with van der Waals surface area (Å²) in [5.74, 6) is 0.130. The Kier molecular flexibility index (Phi) is 2.99. The Bertz CT molecular complexity index is 742. The van der Waals surface area contributed by atoms with Crippen LogP contribution in [-0.2, 0) is 0 Å². The Labute approximate surface area is 161 Å². The molecule has 6 saturated carbocycles. The average Bonchev–Trinajstić information content (AvgIpc) is 3.10. The number of hydrogen-bond donors (Lipinski definition) is 3. The van der Waals surface area contributed by atoms with E-state index in [0.29, 0.717) is 19.0 Å². The van der Waals surface area contributed by atoms with Crippen molar-refractivity contribution < 1.29 is 20.0 Å². The van der Waals surface area contributed by atoms with Crippen LogP contribution in [0.5, 0.6) is 0 Å². The summed E-state index contributed by atoms with van der Waals surface area (Å²) in [5, 5.41) is 48.6. The van der Waals surface area contributed by atoms with Gasteiger partial charge in [0, 0.05) is 28.6 Å². The Morgan fingerprint density at radius 1 is 1.22 bits per heavy atom. The molecule has 7 rings (SSSR count). The lowest BCUT2D eigenvalue weighted by atomic mass is 9.38. The first kappa shape index (κ1) is 17.4. The lowest BCUT2D eigenvalue weighted by Gasteiger charge is -2.70. The van der Waals surface area contributed by atoms with Crippen LogP contribution in [-0.4, -0.2) is 57.4 Å². The first-order chi connectivity index (χ1) is 12.7. The van der Waals surface area contributed by atoms with Gasteiger partial charge in [-0.1, -0.05) is 13.5 Å². The maximum Gasteiger partial charge on any atom is 0.101 e. The maximum atomic E-state index is 14.3. The fourth-order valence-electron chi connectivity index (χ4n) is 10.3. The molecular weight excluding hydrogens is 342 g/mol. The van der Waals surface area contributed by atoms with E-state index in [4.69, 9.17) is 0 Å². The third-order valence-electron chi connectivity index (χ3n) is 10.9. The second kappa shape index (κ2) is 4.65. The van der Waals surface area contributed by atoms with E-state index in [2.05, 4.69) is 13.5 Å². The number of fused-ring (bicyclic) bond motifs is 2. The number of aliphatic hydroxyl groups excluding tert-OH is 3. The van der Waals surface area contributed by atoms with E-state index >= 15 is 0 Å². The summed E-state index contributed by atoms with van der Waals surface area (Å²) in [6.07, 6.45) is 2.52. The van der Waals surface area contributed by atoms with Gasteiger partial charge in [0.2, 0.25) is 0 Å². The van der Waals surface area contributed by atoms with Crippen molar-refractivity contribution in [2.75, 3.05) is 13.1 Å². The fraction of sp³-hybridized carbons (Fsp3) is 0.909. The van der Waals surface area contributed by atoms with E-state index < -0.39 is 29.1 Å². The van der Waals surface area contributed by atoms with Crippen LogP contribution in [0.4, 0.5) is 0 Å². The molecule has 27 heavy (non-hydrogen) atoms. The number of likely N-dealkylation sites (tertiary alicyclic amines) is 1. The van der Waals surface area contributed by atoms with Crippen LogP contribution in [0.1, 0.15) is 46.0 Å². The van der Waals surface area contributed by atoms with Gasteiger partial charge >= 0.3 is 0 Å². The van der Waals surface area contributed by atoms with Gasteiger partial charge in [0.1, 0.15) is 6.04 Å². The zero-order valence-corrected chi connectivity index (χ0v) is 16.5. The number of aliphatic hydroxyl groups is 3. The van der Waals surface area contributed by atoms with Crippen LogP contribution >= 0.6 is 0 Å². The first-order valence-corrected chi connectivity index (χ1v) is 11.0. The molecule has 0 aromatic rings. The third kappa shape index (κ3) is 1.46. The van der Waals surface area contributed by atoms with Gasteiger partial charge in [0.05, 0.1) is 36.8 Å². The van der Waals surface area contributed by atoms with Crippen LogP contribution in [0.15, 0.2) is 12.2 Å². The Hall–Kier alpha value is -0.460.